The van der Waals surface area contributed by atoms with Gasteiger partial charge in [0, 0.05) is 12.7 Å². The lowest BCUT2D eigenvalue weighted by atomic mass is 9.86. The Balaban J connectivity index is 3.26. The Hall–Kier alpha value is -1.13. The molecule has 0 aliphatic heterocycles. The average Bonchev–Trinajstić information content (AvgIpc) is 2.17. The molecule has 0 spiro atoms. The van der Waals surface area contributed by atoms with Gasteiger partial charge in [-0.25, -0.2) is 0 Å². The summed E-state index contributed by atoms with van der Waals surface area (Å²) in [5, 5.41) is 9.35. The Kier molecular flexibility index (Phi) is 3.08. The lowest BCUT2D eigenvalue weighted by Gasteiger charge is -2.22. The highest BCUT2D eigenvalue weighted by Crippen LogP contribution is 2.27. The Bertz CT molecular complexity index is 356. The molecule has 0 saturated carbocycles. The lowest BCUT2D eigenvalue weighted by molar-refractivity contribution is -0.142. The standard InChI is InChI=1S/C9H11ClN2O2/c1-9(5-11,8(13)14)7-6(10)3-2-4-12-7/h2-4H,5,11H2,1H3,(H,13,14). The van der Waals surface area contributed by atoms with Gasteiger partial charge in [-0.3, -0.25) is 9.78 Å². The molecule has 14 heavy (non-hydrogen) atoms. The van der Waals surface area contributed by atoms with Gasteiger partial charge < -0.3 is 10.8 Å². The molecule has 0 amide bonds. The van der Waals surface area contributed by atoms with Crippen molar-refractivity contribution in [2.24, 2.45) is 5.73 Å². The van der Waals surface area contributed by atoms with E-state index in [0.717, 1.165) is 0 Å². The summed E-state index contributed by atoms with van der Waals surface area (Å²) in [4.78, 5) is 15.0. The van der Waals surface area contributed by atoms with Gasteiger partial charge >= 0.3 is 5.97 Å². The van der Waals surface area contributed by atoms with Crippen molar-refractivity contribution >= 4 is 17.6 Å². The summed E-state index contributed by atoms with van der Waals surface area (Å²) in [5.74, 6) is -1.03. The van der Waals surface area contributed by atoms with Gasteiger partial charge in [0.05, 0.1) is 10.7 Å². The van der Waals surface area contributed by atoms with Crippen LogP contribution < -0.4 is 5.73 Å². The molecule has 1 unspecified atom stereocenters. The van der Waals surface area contributed by atoms with Gasteiger partial charge in [-0.2, -0.15) is 0 Å². The molecule has 0 aliphatic rings. The van der Waals surface area contributed by atoms with Crippen LogP contribution in [0, 0.1) is 0 Å². The molecule has 0 radical (unpaired) electrons. The first kappa shape index (κ1) is 10.9. The molecule has 0 aliphatic carbocycles. The maximum absolute atomic E-state index is 11.0. The summed E-state index contributed by atoms with van der Waals surface area (Å²) in [5.41, 5.74) is 4.51. The third-order valence-corrected chi connectivity index (χ3v) is 2.47. The molecular formula is C9H11ClN2O2. The van der Waals surface area contributed by atoms with Gasteiger partial charge in [0.2, 0.25) is 0 Å². The van der Waals surface area contributed by atoms with Gasteiger partial charge in [0.1, 0.15) is 5.41 Å². The summed E-state index contributed by atoms with van der Waals surface area (Å²) in [6.07, 6.45) is 1.50. The van der Waals surface area contributed by atoms with Crippen LogP contribution in [0.3, 0.4) is 0 Å². The van der Waals surface area contributed by atoms with Gasteiger partial charge in [0.25, 0.3) is 0 Å². The second-order valence-electron chi connectivity index (χ2n) is 3.18. The first-order chi connectivity index (χ1) is 6.52. The van der Waals surface area contributed by atoms with Crippen LogP contribution in [-0.2, 0) is 10.2 Å². The zero-order valence-corrected chi connectivity index (χ0v) is 8.45. The number of pyridine rings is 1. The summed E-state index contributed by atoms with van der Waals surface area (Å²) >= 11 is 5.85. The van der Waals surface area contributed by atoms with E-state index in [1.807, 2.05) is 0 Å². The molecule has 0 saturated heterocycles. The number of carboxylic acid groups (broad SMARTS) is 1. The number of halogens is 1. The third kappa shape index (κ3) is 1.71. The zero-order valence-electron chi connectivity index (χ0n) is 7.70. The van der Waals surface area contributed by atoms with Crippen LogP contribution in [0.25, 0.3) is 0 Å². The van der Waals surface area contributed by atoms with E-state index in [2.05, 4.69) is 4.98 Å². The van der Waals surface area contributed by atoms with E-state index in [0.29, 0.717) is 10.7 Å². The number of aliphatic carboxylic acids is 1. The zero-order chi connectivity index (χ0) is 10.8. The molecule has 1 atom stereocenters. The van der Waals surface area contributed by atoms with Crippen LogP contribution in [0.5, 0.6) is 0 Å². The minimum Gasteiger partial charge on any atom is -0.481 e. The van der Waals surface area contributed by atoms with Crippen LogP contribution in [0.15, 0.2) is 18.3 Å². The molecule has 1 aromatic heterocycles. The maximum atomic E-state index is 11.0. The van der Waals surface area contributed by atoms with E-state index in [4.69, 9.17) is 22.4 Å². The van der Waals surface area contributed by atoms with Crippen molar-refractivity contribution in [1.82, 2.24) is 4.98 Å². The van der Waals surface area contributed by atoms with Crippen LogP contribution >= 0.6 is 11.6 Å². The second kappa shape index (κ2) is 3.94. The molecule has 1 aromatic rings. The summed E-state index contributed by atoms with van der Waals surface area (Å²) < 4.78 is 0. The molecule has 1 rings (SSSR count). The Labute approximate surface area is 86.7 Å². The van der Waals surface area contributed by atoms with E-state index in [9.17, 15) is 4.79 Å². The van der Waals surface area contributed by atoms with Crippen molar-refractivity contribution < 1.29 is 9.90 Å². The van der Waals surface area contributed by atoms with Crippen molar-refractivity contribution in [3.8, 4) is 0 Å². The van der Waals surface area contributed by atoms with Crippen molar-refractivity contribution in [1.29, 1.82) is 0 Å². The molecule has 0 aromatic carbocycles. The van der Waals surface area contributed by atoms with E-state index in [-0.39, 0.29) is 6.54 Å². The predicted molar refractivity (Wildman–Crippen MR) is 53.3 cm³/mol. The molecule has 5 heteroatoms. The second-order valence-corrected chi connectivity index (χ2v) is 3.58. The fourth-order valence-electron chi connectivity index (χ4n) is 1.08. The van der Waals surface area contributed by atoms with Crippen LogP contribution in [0.4, 0.5) is 0 Å². The molecule has 76 valence electrons. The predicted octanol–water partition coefficient (Wildman–Crippen LogP) is 1.04. The van der Waals surface area contributed by atoms with Crippen LogP contribution in [-0.4, -0.2) is 22.6 Å². The minimum atomic E-state index is -1.22. The molecule has 0 fully saturated rings. The average molecular weight is 215 g/mol. The number of carbonyl (C=O) groups is 1. The molecule has 0 bridgehead atoms. The highest BCUT2D eigenvalue weighted by Gasteiger charge is 2.36. The van der Waals surface area contributed by atoms with Gasteiger partial charge in [-0.05, 0) is 19.1 Å². The number of nitrogens with zero attached hydrogens (tertiary/aromatic N) is 1. The first-order valence-corrected chi connectivity index (χ1v) is 4.44. The fourth-order valence-corrected chi connectivity index (χ4v) is 1.41. The summed E-state index contributed by atoms with van der Waals surface area (Å²) in [7, 11) is 0. The minimum absolute atomic E-state index is 0.0426. The third-order valence-electron chi connectivity index (χ3n) is 2.16. The molecule has 1 heterocycles. The van der Waals surface area contributed by atoms with E-state index in [1.165, 1.54) is 13.1 Å². The Morgan fingerprint density at radius 3 is 2.86 bits per heavy atom. The normalized spacial score (nSPS) is 14.8. The number of carboxylic acids is 1. The summed E-state index contributed by atoms with van der Waals surface area (Å²) in [6.45, 7) is 1.46. The van der Waals surface area contributed by atoms with Gasteiger partial charge in [-0.1, -0.05) is 11.6 Å². The van der Waals surface area contributed by atoms with E-state index >= 15 is 0 Å². The van der Waals surface area contributed by atoms with E-state index < -0.39 is 11.4 Å². The van der Waals surface area contributed by atoms with E-state index in [1.54, 1.807) is 12.1 Å². The van der Waals surface area contributed by atoms with Crippen LogP contribution in [0.1, 0.15) is 12.6 Å². The highest BCUT2D eigenvalue weighted by atomic mass is 35.5. The highest BCUT2D eigenvalue weighted by molar-refractivity contribution is 6.31. The van der Waals surface area contributed by atoms with Gasteiger partial charge in [-0.15, -0.1) is 0 Å². The Morgan fingerprint density at radius 1 is 1.79 bits per heavy atom. The number of hydrogen-bond acceptors (Lipinski definition) is 3. The van der Waals surface area contributed by atoms with Crippen LogP contribution in [0.2, 0.25) is 5.02 Å². The lowest BCUT2D eigenvalue weighted by Crippen LogP contribution is -2.41. The molecule has 4 nitrogen and oxygen atoms in total. The fraction of sp³-hybridized carbons (Fsp3) is 0.333. The first-order valence-electron chi connectivity index (χ1n) is 4.07. The topological polar surface area (TPSA) is 76.2 Å². The Morgan fingerprint density at radius 2 is 2.43 bits per heavy atom. The largest absolute Gasteiger partial charge is 0.481 e. The molecule has 3 N–H and O–H groups in total. The maximum Gasteiger partial charge on any atom is 0.316 e. The number of hydrogen-bond donors (Lipinski definition) is 2. The number of aromatic nitrogens is 1. The SMILES string of the molecule is CC(CN)(C(=O)O)c1ncccc1Cl. The molecular weight excluding hydrogens is 204 g/mol. The monoisotopic (exact) mass is 214 g/mol. The van der Waals surface area contributed by atoms with Gasteiger partial charge in [0.15, 0.2) is 0 Å². The number of nitrogens with two attached hydrogens (primary N) is 1. The van der Waals surface area contributed by atoms with Crippen molar-refractivity contribution in [3.63, 3.8) is 0 Å². The summed E-state index contributed by atoms with van der Waals surface area (Å²) in [6, 6.07) is 3.24. The van der Waals surface area contributed by atoms with Crippen molar-refractivity contribution in [2.75, 3.05) is 6.54 Å². The van der Waals surface area contributed by atoms with Crippen molar-refractivity contribution in [2.45, 2.75) is 12.3 Å². The van der Waals surface area contributed by atoms with Crippen molar-refractivity contribution in [3.05, 3.63) is 29.0 Å². The number of rotatable bonds is 3. The smallest absolute Gasteiger partial charge is 0.316 e. The quantitative estimate of drug-likeness (QED) is 0.788.